The molecule has 0 amide bonds. The Morgan fingerprint density at radius 2 is 1.85 bits per heavy atom. The van der Waals surface area contributed by atoms with Crippen molar-refractivity contribution in [3.63, 3.8) is 0 Å². The molecule has 0 atom stereocenters. The van der Waals surface area contributed by atoms with Crippen molar-refractivity contribution >= 4 is 0 Å². The van der Waals surface area contributed by atoms with Crippen molar-refractivity contribution in [1.82, 2.24) is 10.3 Å². The second kappa shape index (κ2) is 6.71. The number of nitrogens with zero attached hydrogens (tertiary/aromatic N) is 1. The molecule has 1 aliphatic rings. The molecule has 0 aromatic carbocycles. The Labute approximate surface area is 124 Å². The number of rotatable bonds is 8. The van der Waals surface area contributed by atoms with Crippen LogP contribution in [0.3, 0.4) is 0 Å². The number of hydrogen-bond acceptors (Lipinski definition) is 2. The van der Waals surface area contributed by atoms with E-state index >= 15 is 0 Å². The fourth-order valence-corrected chi connectivity index (χ4v) is 4.40. The molecule has 1 heterocycles. The van der Waals surface area contributed by atoms with Crippen molar-refractivity contribution in [1.29, 1.82) is 0 Å². The molecule has 0 radical (unpaired) electrons. The van der Waals surface area contributed by atoms with Crippen LogP contribution >= 0.6 is 0 Å². The molecular weight excluding hydrogens is 244 g/mol. The number of aromatic nitrogens is 1. The Hall–Kier alpha value is -0.890. The standard InChI is InChI=1S/C18H30N2/c1-4-9-17(10-5-2)13-18(14-17,15-19-6-3)16-8-7-11-20-12-16/h7-8,11-12,19H,4-6,9-10,13-15H2,1-3H3. The predicted octanol–water partition coefficient (Wildman–Crippen LogP) is 4.31. The molecule has 112 valence electrons. The van der Waals surface area contributed by atoms with E-state index in [1.165, 1.54) is 44.1 Å². The highest BCUT2D eigenvalue weighted by Gasteiger charge is 2.53. The molecule has 1 aromatic heterocycles. The zero-order valence-corrected chi connectivity index (χ0v) is 13.4. The van der Waals surface area contributed by atoms with E-state index in [0.717, 1.165) is 13.1 Å². The van der Waals surface area contributed by atoms with Gasteiger partial charge in [-0.1, -0.05) is 39.7 Å². The summed E-state index contributed by atoms with van der Waals surface area (Å²) in [6, 6.07) is 4.36. The first kappa shape index (κ1) is 15.5. The van der Waals surface area contributed by atoms with Gasteiger partial charge in [-0.05, 0) is 49.3 Å². The highest BCUT2D eigenvalue weighted by Crippen LogP contribution is 2.59. The molecule has 1 fully saturated rings. The molecule has 20 heavy (non-hydrogen) atoms. The summed E-state index contributed by atoms with van der Waals surface area (Å²) in [5.41, 5.74) is 2.35. The van der Waals surface area contributed by atoms with Crippen LogP contribution in [0.15, 0.2) is 24.5 Å². The number of pyridine rings is 1. The average Bonchev–Trinajstić information content (AvgIpc) is 2.44. The minimum Gasteiger partial charge on any atom is -0.316 e. The van der Waals surface area contributed by atoms with Crippen LogP contribution in [0, 0.1) is 5.41 Å². The minimum atomic E-state index is 0.328. The minimum absolute atomic E-state index is 0.328. The van der Waals surface area contributed by atoms with Gasteiger partial charge in [0.15, 0.2) is 0 Å². The van der Waals surface area contributed by atoms with Crippen molar-refractivity contribution in [3.8, 4) is 0 Å². The predicted molar refractivity (Wildman–Crippen MR) is 85.9 cm³/mol. The Morgan fingerprint density at radius 1 is 1.15 bits per heavy atom. The van der Waals surface area contributed by atoms with Gasteiger partial charge in [0.1, 0.15) is 0 Å². The van der Waals surface area contributed by atoms with Crippen molar-refractivity contribution in [3.05, 3.63) is 30.1 Å². The van der Waals surface area contributed by atoms with Gasteiger partial charge >= 0.3 is 0 Å². The summed E-state index contributed by atoms with van der Waals surface area (Å²) in [5.74, 6) is 0. The first-order chi connectivity index (χ1) is 9.70. The van der Waals surface area contributed by atoms with Crippen LogP contribution in [-0.4, -0.2) is 18.1 Å². The van der Waals surface area contributed by atoms with Crippen LogP contribution in [0.2, 0.25) is 0 Å². The van der Waals surface area contributed by atoms with E-state index in [9.17, 15) is 0 Å². The van der Waals surface area contributed by atoms with E-state index in [4.69, 9.17) is 0 Å². The monoisotopic (exact) mass is 274 g/mol. The topological polar surface area (TPSA) is 24.9 Å². The zero-order chi connectivity index (χ0) is 14.5. The van der Waals surface area contributed by atoms with Gasteiger partial charge < -0.3 is 5.32 Å². The lowest BCUT2D eigenvalue weighted by Gasteiger charge is -2.57. The summed E-state index contributed by atoms with van der Waals surface area (Å²) in [6.07, 6.45) is 12.0. The molecule has 0 saturated heterocycles. The zero-order valence-electron chi connectivity index (χ0n) is 13.4. The largest absolute Gasteiger partial charge is 0.316 e. The van der Waals surface area contributed by atoms with Gasteiger partial charge in [-0.2, -0.15) is 0 Å². The Kier molecular flexibility index (Phi) is 5.20. The lowest BCUT2D eigenvalue weighted by atomic mass is 9.48. The molecule has 0 unspecified atom stereocenters. The summed E-state index contributed by atoms with van der Waals surface area (Å²) in [6.45, 7) is 9.00. The Morgan fingerprint density at radius 3 is 2.35 bits per heavy atom. The maximum absolute atomic E-state index is 4.35. The molecule has 0 aliphatic heterocycles. The van der Waals surface area contributed by atoms with Gasteiger partial charge in [0, 0.05) is 24.4 Å². The molecule has 0 bridgehead atoms. The quantitative estimate of drug-likeness (QED) is 0.764. The lowest BCUT2D eigenvalue weighted by Crippen LogP contribution is -2.54. The van der Waals surface area contributed by atoms with Crippen LogP contribution in [0.5, 0.6) is 0 Å². The van der Waals surface area contributed by atoms with Gasteiger partial charge in [-0.3, -0.25) is 4.98 Å². The van der Waals surface area contributed by atoms with E-state index in [-0.39, 0.29) is 0 Å². The summed E-state index contributed by atoms with van der Waals surface area (Å²) in [5, 5.41) is 3.58. The van der Waals surface area contributed by atoms with Crippen molar-refractivity contribution in [2.75, 3.05) is 13.1 Å². The van der Waals surface area contributed by atoms with E-state index in [0.29, 0.717) is 10.8 Å². The van der Waals surface area contributed by atoms with Crippen molar-refractivity contribution < 1.29 is 0 Å². The fourth-order valence-electron chi connectivity index (χ4n) is 4.40. The van der Waals surface area contributed by atoms with Crippen molar-refractivity contribution in [2.24, 2.45) is 5.41 Å². The van der Waals surface area contributed by atoms with Crippen LogP contribution in [0.1, 0.15) is 64.9 Å². The Bertz CT molecular complexity index is 385. The van der Waals surface area contributed by atoms with Crippen LogP contribution in [0.4, 0.5) is 0 Å². The summed E-state index contributed by atoms with van der Waals surface area (Å²) >= 11 is 0. The smallest absolute Gasteiger partial charge is 0.0306 e. The van der Waals surface area contributed by atoms with Crippen LogP contribution < -0.4 is 5.32 Å². The highest BCUT2D eigenvalue weighted by molar-refractivity contribution is 5.29. The van der Waals surface area contributed by atoms with E-state index in [2.05, 4.69) is 49.4 Å². The second-order valence-electron chi connectivity index (χ2n) is 6.66. The lowest BCUT2D eigenvalue weighted by molar-refractivity contribution is 0.00295. The second-order valence-corrected chi connectivity index (χ2v) is 6.66. The van der Waals surface area contributed by atoms with Crippen LogP contribution in [-0.2, 0) is 5.41 Å². The molecular formula is C18H30N2. The maximum atomic E-state index is 4.35. The summed E-state index contributed by atoms with van der Waals surface area (Å²) in [4.78, 5) is 4.35. The van der Waals surface area contributed by atoms with Gasteiger partial charge in [0.05, 0.1) is 0 Å². The van der Waals surface area contributed by atoms with Gasteiger partial charge in [-0.25, -0.2) is 0 Å². The first-order valence-corrected chi connectivity index (χ1v) is 8.31. The number of hydrogen-bond donors (Lipinski definition) is 1. The van der Waals surface area contributed by atoms with E-state index in [1.807, 2.05) is 6.20 Å². The average molecular weight is 274 g/mol. The van der Waals surface area contributed by atoms with Gasteiger partial charge in [0.2, 0.25) is 0 Å². The van der Waals surface area contributed by atoms with E-state index in [1.54, 1.807) is 0 Å². The van der Waals surface area contributed by atoms with Gasteiger partial charge in [0.25, 0.3) is 0 Å². The molecule has 2 heteroatoms. The summed E-state index contributed by atoms with van der Waals surface area (Å²) in [7, 11) is 0. The third-order valence-corrected chi connectivity index (χ3v) is 4.97. The molecule has 0 spiro atoms. The molecule has 2 rings (SSSR count). The molecule has 1 aromatic rings. The molecule has 2 nitrogen and oxygen atoms in total. The fraction of sp³-hybridized carbons (Fsp3) is 0.722. The first-order valence-electron chi connectivity index (χ1n) is 8.31. The van der Waals surface area contributed by atoms with E-state index < -0.39 is 0 Å². The highest BCUT2D eigenvalue weighted by atomic mass is 14.9. The third kappa shape index (κ3) is 3.06. The molecule has 1 N–H and O–H groups in total. The molecule has 1 saturated carbocycles. The van der Waals surface area contributed by atoms with Crippen LogP contribution in [0.25, 0.3) is 0 Å². The Balaban J connectivity index is 2.16. The summed E-state index contributed by atoms with van der Waals surface area (Å²) < 4.78 is 0. The van der Waals surface area contributed by atoms with Crippen molar-refractivity contribution in [2.45, 2.75) is 64.7 Å². The SMILES string of the molecule is CCCC1(CCC)CC(CNCC)(c2cccnc2)C1. The third-order valence-electron chi connectivity index (χ3n) is 4.97. The number of likely N-dealkylation sites (N-methyl/N-ethyl adjacent to an activating group) is 1. The van der Waals surface area contributed by atoms with Gasteiger partial charge in [-0.15, -0.1) is 0 Å². The number of nitrogens with one attached hydrogen (secondary N) is 1. The maximum Gasteiger partial charge on any atom is 0.0306 e. The normalized spacial score (nSPS) is 19.6. The molecule has 1 aliphatic carbocycles.